The number of rotatable bonds is 6. The van der Waals surface area contributed by atoms with Crippen LogP contribution in [-0.2, 0) is 19.6 Å². The Hall–Kier alpha value is -1.81. The lowest BCUT2D eigenvalue weighted by Crippen LogP contribution is -2.40. The van der Waals surface area contributed by atoms with Gasteiger partial charge in [-0.05, 0) is 18.1 Å². The molecule has 3 rings (SSSR count). The second-order valence-electron chi connectivity index (χ2n) is 6.72. The first-order valence-electron chi connectivity index (χ1n) is 8.80. The molecule has 7 nitrogen and oxygen atoms in total. The lowest BCUT2D eigenvalue weighted by Gasteiger charge is -2.26. The van der Waals surface area contributed by atoms with Crippen molar-refractivity contribution >= 4 is 32.4 Å². The average molecular weight is 410 g/mol. The summed E-state index contributed by atoms with van der Waals surface area (Å²) in [6.45, 7) is 5.55. The molecular weight excluding hydrogens is 386 g/mol. The predicted octanol–water partition coefficient (Wildman–Crippen LogP) is 2.82. The number of hydrogen-bond donors (Lipinski definition) is 1. The molecule has 9 heteroatoms. The topological polar surface area (TPSA) is 88.6 Å². The summed E-state index contributed by atoms with van der Waals surface area (Å²) in [5.41, 5.74) is 1.51. The van der Waals surface area contributed by atoms with Crippen LogP contribution in [0, 0.1) is 5.92 Å². The van der Waals surface area contributed by atoms with E-state index < -0.39 is 10.0 Å². The molecular formula is C18H23N3O4S2. The maximum atomic E-state index is 12.7. The Bertz CT molecular complexity index is 886. The molecule has 0 saturated carbocycles. The van der Waals surface area contributed by atoms with E-state index in [1.165, 1.54) is 15.6 Å². The third kappa shape index (κ3) is 4.92. The lowest BCUT2D eigenvalue weighted by atomic mass is 10.1. The fraction of sp³-hybridized carbons (Fsp3) is 0.444. The van der Waals surface area contributed by atoms with Gasteiger partial charge < -0.3 is 10.1 Å². The molecule has 0 spiro atoms. The van der Waals surface area contributed by atoms with Crippen molar-refractivity contribution in [3.8, 4) is 11.3 Å². The van der Waals surface area contributed by atoms with E-state index in [4.69, 9.17) is 4.74 Å². The molecule has 1 saturated heterocycles. The molecule has 1 fully saturated rings. The maximum Gasteiger partial charge on any atom is 0.243 e. The zero-order valence-electron chi connectivity index (χ0n) is 15.3. The third-order valence-electron chi connectivity index (χ3n) is 4.10. The smallest absolute Gasteiger partial charge is 0.243 e. The number of morpholine rings is 1. The van der Waals surface area contributed by atoms with Crippen LogP contribution in [0.4, 0.5) is 5.13 Å². The Labute approximate surface area is 163 Å². The van der Waals surface area contributed by atoms with E-state index in [1.807, 2.05) is 19.2 Å². The van der Waals surface area contributed by atoms with Gasteiger partial charge in [-0.25, -0.2) is 13.4 Å². The van der Waals surface area contributed by atoms with Crippen molar-refractivity contribution in [2.75, 3.05) is 31.6 Å². The second-order valence-corrected chi connectivity index (χ2v) is 9.52. The number of benzene rings is 1. The van der Waals surface area contributed by atoms with Gasteiger partial charge in [0.1, 0.15) is 0 Å². The number of sulfonamides is 1. The Morgan fingerprint density at radius 1 is 1.26 bits per heavy atom. The van der Waals surface area contributed by atoms with Crippen LogP contribution in [-0.4, -0.2) is 49.9 Å². The maximum absolute atomic E-state index is 12.7. The number of amides is 1. The number of hydrogen-bond acceptors (Lipinski definition) is 6. The van der Waals surface area contributed by atoms with Crippen LogP contribution in [0.2, 0.25) is 0 Å². The Morgan fingerprint density at radius 2 is 1.93 bits per heavy atom. The summed E-state index contributed by atoms with van der Waals surface area (Å²) in [5, 5.41) is 5.18. The SMILES string of the molecule is CC(C)CC(=O)Nc1nc(-c2ccc(S(=O)(=O)N3CCOCC3)cc2)cs1. The zero-order valence-corrected chi connectivity index (χ0v) is 17.0. The van der Waals surface area contributed by atoms with Gasteiger partial charge in [-0.15, -0.1) is 11.3 Å². The van der Waals surface area contributed by atoms with Crippen LogP contribution in [0.15, 0.2) is 34.5 Å². The number of carbonyl (C=O) groups is 1. The number of anilines is 1. The van der Waals surface area contributed by atoms with Crippen molar-refractivity contribution in [3.63, 3.8) is 0 Å². The Balaban J connectivity index is 1.71. The first-order valence-corrected chi connectivity index (χ1v) is 11.1. The van der Waals surface area contributed by atoms with E-state index in [9.17, 15) is 13.2 Å². The standard InChI is InChI=1S/C18H23N3O4S2/c1-13(2)11-17(22)20-18-19-16(12-26-18)14-3-5-15(6-4-14)27(23,24)21-7-9-25-10-8-21/h3-6,12-13H,7-11H2,1-2H3,(H,19,20,22). The van der Waals surface area contributed by atoms with E-state index in [0.717, 1.165) is 5.56 Å². The zero-order chi connectivity index (χ0) is 19.4. The fourth-order valence-corrected chi connectivity index (χ4v) is 4.88. The van der Waals surface area contributed by atoms with Crippen LogP contribution in [0.3, 0.4) is 0 Å². The summed E-state index contributed by atoms with van der Waals surface area (Å²) >= 11 is 1.35. The predicted molar refractivity (Wildman–Crippen MR) is 105 cm³/mol. The van der Waals surface area contributed by atoms with Crippen molar-refractivity contribution < 1.29 is 17.9 Å². The van der Waals surface area contributed by atoms with Gasteiger partial charge in [-0.3, -0.25) is 4.79 Å². The number of nitrogens with zero attached hydrogens (tertiary/aromatic N) is 2. The molecule has 1 N–H and O–H groups in total. The molecule has 0 atom stereocenters. The van der Waals surface area contributed by atoms with Crippen LogP contribution < -0.4 is 5.32 Å². The number of carbonyl (C=O) groups excluding carboxylic acids is 1. The summed E-state index contributed by atoms with van der Waals surface area (Å²) in [6.07, 6.45) is 0.447. The van der Waals surface area contributed by atoms with Crippen LogP contribution in [0.25, 0.3) is 11.3 Å². The van der Waals surface area contributed by atoms with Crippen molar-refractivity contribution in [1.29, 1.82) is 0 Å². The highest BCUT2D eigenvalue weighted by molar-refractivity contribution is 7.89. The van der Waals surface area contributed by atoms with Gasteiger partial charge in [0.2, 0.25) is 15.9 Å². The highest BCUT2D eigenvalue weighted by Gasteiger charge is 2.26. The van der Waals surface area contributed by atoms with E-state index in [1.54, 1.807) is 24.3 Å². The van der Waals surface area contributed by atoms with E-state index >= 15 is 0 Å². The van der Waals surface area contributed by atoms with E-state index in [-0.39, 0.29) is 16.7 Å². The molecule has 1 amide bonds. The number of ether oxygens (including phenoxy) is 1. The monoisotopic (exact) mass is 409 g/mol. The number of nitrogens with one attached hydrogen (secondary N) is 1. The summed E-state index contributed by atoms with van der Waals surface area (Å²) in [5.74, 6) is 0.225. The van der Waals surface area contributed by atoms with Crippen molar-refractivity contribution in [2.24, 2.45) is 5.92 Å². The summed E-state index contributed by atoms with van der Waals surface area (Å²) < 4.78 is 32.0. The molecule has 27 heavy (non-hydrogen) atoms. The summed E-state index contributed by atoms with van der Waals surface area (Å²) in [6, 6.07) is 6.66. The highest BCUT2D eigenvalue weighted by Crippen LogP contribution is 2.27. The number of aromatic nitrogens is 1. The van der Waals surface area contributed by atoms with Crippen LogP contribution in [0.5, 0.6) is 0 Å². The molecule has 2 heterocycles. The van der Waals surface area contributed by atoms with Gasteiger partial charge in [0.25, 0.3) is 0 Å². The molecule has 0 unspecified atom stereocenters. The quantitative estimate of drug-likeness (QED) is 0.793. The van der Waals surface area contributed by atoms with Gasteiger partial charge in [0.15, 0.2) is 5.13 Å². The molecule has 1 aromatic heterocycles. The normalized spacial score (nSPS) is 15.8. The van der Waals surface area contributed by atoms with E-state index in [2.05, 4.69) is 10.3 Å². The molecule has 146 valence electrons. The Morgan fingerprint density at radius 3 is 2.56 bits per heavy atom. The molecule has 1 aliphatic heterocycles. The largest absolute Gasteiger partial charge is 0.379 e. The van der Waals surface area contributed by atoms with Crippen molar-refractivity contribution in [1.82, 2.24) is 9.29 Å². The molecule has 1 aromatic carbocycles. The third-order valence-corrected chi connectivity index (χ3v) is 6.77. The highest BCUT2D eigenvalue weighted by atomic mass is 32.2. The lowest BCUT2D eigenvalue weighted by molar-refractivity contribution is -0.116. The molecule has 0 radical (unpaired) electrons. The minimum Gasteiger partial charge on any atom is -0.379 e. The second kappa shape index (κ2) is 8.47. The minimum absolute atomic E-state index is 0.0575. The molecule has 2 aromatic rings. The van der Waals surface area contributed by atoms with Crippen LogP contribution >= 0.6 is 11.3 Å². The molecule has 0 bridgehead atoms. The fourth-order valence-electron chi connectivity index (χ4n) is 2.74. The molecule has 0 aliphatic carbocycles. The minimum atomic E-state index is -3.50. The average Bonchev–Trinajstić information content (AvgIpc) is 3.10. The van der Waals surface area contributed by atoms with Gasteiger partial charge in [0.05, 0.1) is 23.8 Å². The van der Waals surface area contributed by atoms with Crippen LogP contribution in [0.1, 0.15) is 20.3 Å². The van der Waals surface area contributed by atoms with E-state index in [0.29, 0.717) is 43.5 Å². The first kappa shape index (κ1) is 19.9. The first-order chi connectivity index (χ1) is 12.9. The van der Waals surface area contributed by atoms with Gasteiger partial charge >= 0.3 is 0 Å². The van der Waals surface area contributed by atoms with Gasteiger partial charge in [0, 0.05) is 30.5 Å². The number of thiazole rings is 1. The summed E-state index contributed by atoms with van der Waals surface area (Å²) in [7, 11) is -3.50. The van der Waals surface area contributed by atoms with Gasteiger partial charge in [-0.1, -0.05) is 26.0 Å². The van der Waals surface area contributed by atoms with Gasteiger partial charge in [-0.2, -0.15) is 4.31 Å². The Kier molecular flexibility index (Phi) is 6.25. The summed E-state index contributed by atoms with van der Waals surface area (Å²) in [4.78, 5) is 16.5. The molecule has 1 aliphatic rings. The van der Waals surface area contributed by atoms with Crippen molar-refractivity contribution in [2.45, 2.75) is 25.2 Å². The van der Waals surface area contributed by atoms with Crippen molar-refractivity contribution in [3.05, 3.63) is 29.6 Å².